The van der Waals surface area contributed by atoms with E-state index in [2.05, 4.69) is 19.1 Å². The van der Waals surface area contributed by atoms with Crippen molar-refractivity contribution in [1.29, 1.82) is 0 Å². The van der Waals surface area contributed by atoms with Crippen molar-refractivity contribution in [2.75, 3.05) is 6.61 Å². The van der Waals surface area contributed by atoms with Crippen LogP contribution in [-0.2, 0) is 8.92 Å². The third-order valence-electron chi connectivity index (χ3n) is 5.35. The van der Waals surface area contributed by atoms with Gasteiger partial charge in [0, 0.05) is 11.5 Å². The van der Waals surface area contributed by atoms with E-state index < -0.39 is 0 Å². The van der Waals surface area contributed by atoms with E-state index in [-0.39, 0.29) is 5.97 Å². The van der Waals surface area contributed by atoms with Gasteiger partial charge in [-0.15, -0.1) is 0 Å². The predicted octanol–water partition coefficient (Wildman–Crippen LogP) is 6.78. The molecule has 0 spiro atoms. The van der Waals surface area contributed by atoms with Gasteiger partial charge >= 0.3 is 5.97 Å². The van der Waals surface area contributed by atoms with E-state index >= 15 is 0 Å². The average Bonchev–Trinajstić information content (AvgIpc) is 2.76. The van der Waals surface area contributed by atoms with Crippen molar-refractivity contribution in [1.82, 2.24) is 0 Å². The molecule has 0 bridgehead atoms. The molecular weight excluding hydrogens is 368 g/mol. The van der Waals surface area contributed by atoms with Gasteiger partial charge in [0.15, 0.2) is 0 Å². The highest BCUT2D eigenvalue weighted by Gasteiger charge is 2.23. The summed E-state index contributed by atoms with van der Waals surface area (Å²) in [5, 5.41) is 0. The maximum Gasteiger partial charge on any atom is 0.350 e. The minimum Gasteiger partial charge on any atom is -0.382 e. The van der Waals surface area contributed by atoms with Gasteiger partial charge < -0.3 is 8.92 Å². The molecule has 0 N–H and O–H groups in total. The zero-order valence-electron chi connectivity index (χ0n) is 16.6. The third kappa shape index (κ3) is 6.39. The molecule has 4 heteroatoms. The Bertz CT molecular complexity index is 706. The van der Waals surface area contributed by atoms with Crippen LogP contribution in [0.3, 0.4) is 0 Å². The fraction of sp³-hybridized carbons (Fsp3) is 0.458. The number of hydrogen-bond acceptors (Lipinski definition) is 4. The van der Waals surface area contributed by atoms with Gasteiger partial charge in [-0.05, 0) is 67.9 Å². The van der Waals surface area contributed by atoms with Crippen molar-refractivity contribution in [3.05, 3.63) is 65.7 Å². The lowest BCUT2D eigenvalue weighted by Gasteiger charge is -2.29. The molecule has 0 radical (unpaired) electrons. The number of unbranched alkanes of at least 4 members (excludes halogenated alkanes) is 2. The van der Waals surface area contributed by atoms with Gasteiger partial charge in [0.2, 0.25) is 0 Å². The van der Waals surface area contributed by atoms with Crippen molar-refractivity contribution in [2.45, 2.75) is 68.8 Å². The van der Waals surface area contributed by atoms with Crippen molar-refractivity contribution >= 4 is 18.0 Å². The maximum absolute atomic E-state index is 12.2. The summed E-state index contributed by atoms with van der Waals surface area (Å²) in [6, 6.07) is 17.6. The summed E-state index contributed by atoms with van der Waals surface area (Å²) in [5.41, 5.74) is 1.91. The van der Waals surface area contributed by atoms with Crippen LogP contribution in [0.1, 0.15) is 73.7 Å². The van der Waals surface area contributed by atoms with Crippen LogP contribution < -0.4 is 0 Å². The van der Waals surface area contributed by atoms with Crippen LogP contribution in [0.25, 0.3) is 0 Å². The van der Waals surface area contributed by atoms with Gasteiger partial charge in [0.1, 0.15) is 0 Å². The molecule has 1 fully saturated rings. The Morgan fingerprint density at radius 3 is 2.36 bits per heavy atom. The Morgan fingerprint density at radius 1 is 0.964 bits per heavy atom. The van der Waals surface area contributed by atoms with Crippen LogP contribution in [0.5, 0.6) is 0 Å². The highest BCUT2D eigenvalue weighted by Crippen LogP contribution is 2.34. The van der Waals surface area contributed by atoms with Crippen molar-refractivity contribution in [2.24, 2.45) is 0 Å². The Hall–Kier alpha value is -1.78. The molecule has 0 unspecified atom stereocenters. The van der Waals surface area contributed by atoms with Gasteiger partial charge in [-0.25, -0.2) is 4.79 Å². The Kier molecular flexibility index (Phi) is 8.43. The van der Waals surface area contributed by atoms with Crippen molar-refractivity contribution in [3.8, 4) is 0 Å². The first-order valence-electron chi connectivity index (χ1n) is 10.4. The molecule has 0 saturated heterocycles. The lowest BCUT2D eigenvalue weighted by Crippen LogP contribution is -2.21. The zero-order chi connectivity index (χ0) is 19.6. The van der Waals surface area contributed by atoms with Crippen molar-refractivity contribution in [3.63, 3.8) is 0 Å². The second-order valence-corrected chi connectivity index (χ2v) is 8.25. The summed E-state index contributed by atoms with van der Waals surface area (Å²) in [7, 11) is 0. The highest BCUT2D eigenvalue weighted by molar-refractivity contribution is 7.95. The molecule has 1 aliphatic carbocycles. The molecule has 3 nitrogen and oxygen atoms in total. The van der Waals surface area contributed by atoms with Gasteiger partial charge in [-0.2, -0.15) is 0 Å². The van der Waals surface area contributed by atoms with E-state index in [4.69, 9.17) is 8.92 Å². The molecule has 0 atom stereocenters. The van der Waals surface area contributed by atoms with Crippen LogP contribution in [0, 0.1) is 0 Å². The predicted molar refractivity (Wildman–Crippen MR) is 115 cm³/mol. The van der Waals surface area contributed by atoms with E-state index in [1.54, 1.807) is 0 Å². The molecule has 0 amide bonds. The minimum absolute atomic E-state index is 0.301. The number of carbonyl (C=O) groups excluding carboxylic acids is 1. The first kappa shape index (κ1) is 20.9. The number of hydrogen-bond donors (Lipinski definition) is 0. The molecule has 3 rings (SSSR count). The van der Waals surface area contributed by atoms with Gasteiger partial charge in [0.05, 0.1) is 23.7 Å². The first-order valence-corrected chi connectivity index (χ1v) is 11.2. The standard InChI is InChI=1S/C24H30O3S/c1-2-3-7-18-26-22-16-14-20(15-17-22)19-10-12-21(13-11-19)24(25)27-28-23-8-5-4-6-9-23/h4-6,8-13,20,22H,2-3,7,14-18H2,1H3. The second-order valence-electron chi connectivity index (χ2n) is 7.44. The minimum atomic E-state index is -0.301. The fourth-order valence-electron chi connectivity index (χ4n) is 3.67. The summed E-state index contributed by atoms with van der Waals surface area (Å²) in [4.78, 5) is 13.2. The van der Waals surface area contributed by atoms with E-state index in [1.165, 1.54) is 24.8 Å². The van der Waals surface area contributed by atoms with E-state index in [9.17, 15) is 4.79 Å². The summed E-state index contributed by atoms with van der Waals surface area (Å²) in [6.45, 7) is 3.12. The second kappa shape index (κ2) is 11.3. The Labute approximate surface area is 173 Å². The summed E-state index contributed by atoms with van der Waals surface area (Å²) >= 11 is 1.10. The molecule has 0 aromatic heterocycles. The van der Waals surface area contributed by atoms with Crippen LogP contribution in [0.15, 0.2) is 59.5 Å². The molecule has 1 saturated carbocycles. The quantitative estimate of drug-likeness (QED) is 0.344. The average molecular weight is 399 g/mol. The van der Waals surface area contributed by atoms with Gasteiger partial charge in [-0.3, -0.25) is 0 Å². The van der Waals surface area contributed by atoms with Gasteiger partial charge in [-0.1, -0.05) is 50.1 Å². The van der Waals surface area contributed by atoms with Crippen LogP contribution >= 0.6 is 12.0 Å². The first-order chi connectivity index (χ1) is 13.8. The number of ether oxygens (including phenoxy) is 1. The van der Waals surface area contributed by atoms with Crippen LogP contribution in [0.4, 0.5) is 0 Å². The fourth-order valence-corrected chi connectivity index (χ4v) is 4.20. The molecule has 2 aromatic rings. The highest BCUT2D eigenvalue weighted by atomic mass is 32.2. The van der Waals surface area contributed by atoms with E-state index in [1.807, 2.05) is 42.5 Å². The number of benzene rings is 2. The normalized spacial score (nSPS) is 19.3. The molecule has 2 aromatic carbocycles. The maximum atomic E-state index is 12.2. The molecular formula is C24H30O3S. The summed E-state index contributed by atoms with van der Waals surface area (Å²) in [6.07, 6.45) is 8.69. The molecule has 0 heterocycles. The number of carbonyl (C=O) groups is 1. The SMILES string of the molecule is CCCCCOC1CCC(c2ccc(C(=O)OSc3ccccc3)cc2)CC1. The monoisotopic (exact) mass is 398 g/mol. The smallest absolute Gasteiger partial charge is 0.350 e. The van der Waals surface area contributed by atoms with E-state index in [0.29, 0.717) is 17.6 Å². The molecule has 28 heavy (non-hydrogen) atoms. The molecule has 0 aliphatic heterocycles. The summed E-state index contributed by atoms with van der Waals surface area (Å²) in [5.74, 6) is 0.267. The third-order valence-corrected chi connectivity index (χ3v) is 6.05. The van der Waals surface area contributed by atoms with Crippen LogP contribution in [-0.4, -0.2) is 18.7 Å². The lowest BCUT2D eigenvalue weighted by molar-refractivity contribution is 0.0227. The van der Waals surface area contributed by atoms with Crippen molar-refractivity contribution < 1.29 is 13.7 Å². The number of rotatable bonds is 9. The lowest BCUT2D eigenvalue weighted by atomic mass is 9.82. The zero-order valence-corrected chi connectivity index (χ0v) is 17.5. The van der Waals surface area contributed by atoms with E-state index in [0.717, 1.165) is 49.2 Å². The molecule has 150 valence electrons. The molecule has 1 aliphatic rings. The Morgan fingerprint density at radius 2 is 1.68 bits per heavy atom. The topological polar surface area (TPSA) is 35.5 Å². The van der Waals surface area contributed by atoms with Crippen LogP contribution in [0.2, 0.25) is 0 Å². The summed E-state index contributed by atoms with van der Waals surface area (Å²) < 4.78 is 11.3. The Balaban J connectivity index is 1.43. The van der Waals surface area contributed by atoms with Gasteiger partial charge in [0.25, 0.3) is 0 Å². The largest absolute Gasteiger partial charge is 0.382 e.